The van der Waals surface area contributed by atoms with E-state index in [0.29, 0.717) is 18.7 Å². The number of aliphatic imine (C=N–C) groups is 1. The van der Waals surface area contributed by atoms with Gasteiger partial charge in [0.15, 0.2) is 5.96 Å². The summed E-state index contributed by atoms with van der Waals surface area (Å²) >= 11 is 0. The highest BCUT2D eigenvalue weighted by atomic mass is 16.3. The quantitative estimate of drug-likeness (QED) is 0.395. The summed E-state index contributed by atoms with van der Waals surface area (Å²) < 4.78 is 5.41. The van der Waals surface area contributed by atoms with Crippen molar-refractivity contribution < 1.29 is 9.21 Å². The molecule has 1 aromatic heterocycles. The van der Waals surface area contributed by atoms with E-state index in [0.717, 1.165) is 30.1 Å². The second-order valence-electron chi connectivity index (χ2n) is 7.91. The molecule has 0 saturated heterocycles. The zero-order valence-electron chi connectivity index (χ0n) is 19.0. The average Bonchev–Trinajstić information content (AvgIpc) is 3.32. The van der Waals surface area contributed by atoms with Gasteiger partial charge in [-0.1, -0.05) is 42.5 Å². The van der Waals surface area contributed by atoms with Crippen molar-refractivity contribution in [1.29, 1.82) is 0 Å². The molecule has 2 N–H and O–H groups in total. The van der Waals surface area contributed by atoms with Crippen molar-refractivity contribution in [2.75, 3.05) is 27.2 Å². The summed E-state index contributed by atoms with van der Waals surface area (Å²) in [5.74, 6) is 1.69. The Hall–Kier alpha value is -3.54. The number of benzene rings is 2. The van der Waals surface area contributed by atoms with Gasteiger partial charge in [0.2, 0.25) is 0 Å². The second kappa shape index (κ2) is 11.7. The smallest absolute Gasteiger partial charge is 0.253 e. The molecular formula is C26H32N4O2. The van der Waals surface area contributed by atoms with Gasteiger partial charge in [-0.15, -0.1) is 0 Å². The molecular weight excluding hydrogens is 400 g/mol. The van der Waals surface area contributed by atoms with Crippen LogP contribution in [0, 0.1) is 0 Å². The van der Waals surface area contributed by atoms with E-state index >= 15 is 0 Å². The molecule has 0 aliphatic heterocycles. The van der Waals surface area contributed by atoms with Crippen molar-refractivity contribution >= 4 is 11.9 Å². The first kappa shape index (κ1) is 23.1. The zero-order valence-corrected chi connectivity index (χ0v) is 19.0. The summed E-state index contributed by atoms with van der Waals surface area (Å²) in [5, 5.41) is 6.93. The van der Waals surface area contributed by atoms with Crippen LogP contribution < -0.4 is 10.6 Å². The maximum atomic E-state index is 12.2. The molecule has 1 atom stereocenters. The summed E-state index contributed by atoms with van der Waals surface area (Å²) in [6.07, 6.45) is 3.21. The number of guanidine groups is 1. The Morgan fingerprint density at radius 2 is 1.84 bits per heavy atom. The standard InChI is InChI=1S/C26H32N4O2/c1-20(22-10-5-4-6-11-22)29-26(28-17-15-24-13-8-18-32-24)27-16-14-21-9-7-12-23(19-21)25(31)30(2)3/h4-13,18-20H,14-17H2,1-3H3,(H2,27,28,29). The maximum Gasteiger partial charge on any atom is 0.253 e. The van der Waals surface area contributed by atoms with Crippen molar-refractivity contribution in [1.82, 2.24) is 15.5 Å². The molecule has 1 unspecified atom stereocenters. The largest absolute Gasteiger partial charge is 0.469 e. The Bertz CT molecular complexity index is 998. The van der Waals surface area contributed by atoms with Gasteiger partial charge in [-0.05, 0) is 48.7 Å². The molecule has 0 saturated carbocycles. The van der Waals surface area contributed by atoms with E-state index in [1.807, 2.05) is 54.6 Å². The molecule has 0 radical (unpaired) electrons. The Labute approximate surface area is 190 Å². The van der Waals surface area contributed by atoms with Crippen LogP contribution in [0.3, 0.4) is 0 Å². The molecule has 0 aliphatic rings. The number of hydrogen-bond donors (Lipinski definition) is 2. The minimum atomic E-state index is 0.0124. The van der Waals surface area contributed by atoms with Gasteiger partial charge in [0, 0.05) is 39.2 Å². The second-order valence-corrected chi connectivity index (χ2v) is 7.91. The molecule has 3 aromatic rings. The first-order valence-corrected chi connectivity index (χ1v) is 11.0. The van der Waals surface area contributed by atoms with Gasteiger partial charge < -0.3 is 20.0 Å². The van der Waals surface area contributed by atoms with Crippen LogP contribution in [0.25, 0.3) is 0 Å². The number of nitrogens with one attached hydrogen (secondary N) is 2. The summed E-state index contributed by atoms with van der Waals surface area (Å²) in [4.78, 5) is 18.6. The van der Waals surface area contributed by atoms with Crippen molar-refractivity contribution in [3.05, 3.63) is 95.4 Å². The van der Waals surface area contributed by atoms with Gasteiger partial charge in [-0.2, -0.15) is 0 Å². The molecule has 0 aliphatic carbocycles. The average molecular weight is 433 g/mol. The minimum absolute atomic E-state index is 0.0124. The molecule has 1 amide bonds. The summed E-state index contributed by atoms with van der Waals surface area (Å²) in [7, 11) is 3.53. The van der Waals surface area contributed by atoms with E-state index in [1.165, 1.54) is 5.56 Å². The van der Waals surface area contributed by atoms with Crippen LogP contribution in [0.2, 0.25) is 0 Å². The Morgan fingerprint density at radius 1 is 1.03 bits per heavy atom. The molecule has 6 heteroatoms. The van der Waals surface area contributed by atoms with Gasteiger partial charge in [-0.25, -0.2) is 0 Å². The van der Waals surface area contributed by atoms with E-state index in [1.54, 1.807) is 25.3 Å². The lowest BCUT2D eigenvalue weighted by atomic mass is 10.1. The highest BCUT2D eigenvalue weighted by Crippen LogP contribution is 2.11. The zero-order chi connectivity index (χ0) is 22.8. The predicted molar refractivity (Wildman–Crippen MR) is 129 cm³/mol. The van der Waals surface area contributed by atoms with Crippen LogP contribution in [0.5, 0.6) is 0 Å². The van der Waals surface area contributed by atoms with Gasteiger partial charge in [0.1, 0.15) is 5.76 Å². The van der Waals surface area contributed by atoms with E-state index in [4.69, 9.17) is 9.41 Å². The fourth-order valence-corrected chi connectivity index (χ4v) is 3.36. The number of amides is 1. The van der Waals surface area contributed by atoms with E-state index < -0.39 is 0 Å². The first-order chi connectivity index (χ1) is 15.5. The van der Waals surface area contributed by atoms with E-state index in [9.17, 15) is 4.79 Å². The van der Waals surface area contributed by atoms with Gasteiger partial charge in [-0.3, -0.25) is 9.79 Å². The van der Waals surface area contributed by atoms with Crippen LogP contribution in [0.15, 0.2) is 82.4 Å². The normalized spacial score (nSPS) is 12.3. The van der Waals surface area contributed by atoms with Crippen molar-refractivity contribution in [3.63, 3.8) is 0 Å². The number of nitrogens with zero attached hydrogens (tertiary/aromatic N) is 2. The van der Waals surface area contributed by atoms with Gasteiger partial charge in [0.05, 0.1) is 12.3 Å². The van der Waals surface area contributed by atoms with Crippen LogP contribution in [0.4, 0.5) is 0 Å². The highest BCUT2D eigenvalue weighted by Gasteiger charge is 2.10. The lowest BCUT2D eigenvalue weighted by molar-refractivity contribution is 0.0827. The molecule has 6 nitrogen and oxygen atoms in total. The molecule has 32 heavy (non-hydrogen) atoms. The number of rotatable bonds is 9. The third-order valence-corrected chi connectivity index (χ3v) is 5.15. The summed E-state index contributed by atoms with van der Waals surface area (Å²) in [6.45, 7) is 3.44. The van der Waals surface area contributed by atoms with Crippen LogP contribution >= 0.6 is 0 Å². The number of furan rings is 1. The first-order valence-electron chi connectivity index (χ1n) is 11.0. The highest BCUT2D eigenvalue weighted by molar-refractivity contribution is 5.94. The van der Waals surface area contributed by atoms with Crippen molar-refractivity contribution in [2.24, 2.45) is 4.99 Å². The van der Waals surface area contributed by atoms with Crippen molar-refractivity contribution in [2.45, 2.75) is 25.8 Å². The molecule has 0 fully saturated rings. The predicted octanol–water partition coefficient (Wildman–Crippen LogP) is 4.06. The Morgan fingerprint density at radius 3 is 2.56 bits per heavy atom. The number of hydrogen-bond acceptors (Lipinski definition) is 3. The third kappa shape index (κ3) is 7.01. The molecule has 1 heterocycles. The molecule has 168 valence electrons. The van der Waals surface area contributed by atoms with Crippen LogP contribution in [-0.2, 0) is 12.8 Å². The summed E-state index contributed by atoms with van der Waals surface area (Å²) in [5.41, 5.74) is 3.01. The van der Waals surface area contributed by atoms with Crippen LogP contribution in [-0.4, -0.2) is 44.0 Å². The third-order valence-electron chi connectivity index (χ3n) is 5.15. The van der Waals surface area contributed by atoms with E-state index in [2.05, 4.69) is 29.7 Å². The molecule has 0 spiro atoms. The Kier molecular flexibility index (Phi) is 8.49. The lowest BCUT2D eigenvalue weighted by Crippen LogP contribution is -2.40. The van der Waals surface area contributed by atoms with E-state index in [-0.39, 0.29) is 11.9 Å². The SMILES string of the molecule is CC(NC(=NCCc1ccco1)NCCc1cccc(C(=O)N(C)C)c1)c1ccccc1. The fraction of sp³-hybridized carbons (Fsp3) is 0.308. The van der Waals surface area contributed by atoms with Gasteiger partial charge in [0.25, 0.3) is 5.91 Å². The molecule has 2 aromatic carbocycles. The molecule has 3 rings (SSSR count). The number of carbonyl (C=O) groups is 1. The van der Waals surface area contributed by atoms with Gasteiger partial charge >= 0.3 is 0 Å². The fourth-order valence-electron chi connectivity index (χ4n) is 3.36. The molecule has 0 bridgehead atoms. The number of carbonyl (C=O) groups excluding carboxylic acids is 1. The Balaban J connectivity index is 1.61. The van der Waals surface area contributed by atoms with Crippen LogP contribution in [0.1, 0.15) is 40.2 Å². The minimum Gasteiger partial charge on any atom is -0.469 e. The van der Waals surface area contributed by atoms with Crippen molar-refractivity contribution in [3.8, 4) is 0 Å². The topological polar surface area (TPSA) is 69.9 Å². The monoisotopic (exact) mass is 432 g/mol. The maximum absolute atomic E-state index is 12.2. The summed E-state index contributed by atoms with van der Waals surface area (Å²) in [6, 6.07) is 22.1. The lowest BCUT2D eigenvalue weighted by Gasteiger charge is -2.19.